The van der Waals surface area contributed by atoms with Gasteiger partial charge in [0.1, 0.15) is 0 Å². The van der Waals surface area contributed by atoms with Crippen molar-refractivity contribution in [2.75, 3.05) is 92.5 Å². The van der Waals surface area contributed by atoms with Gasteiger partial charge in [0.25, 0.3) is 0 Å². The minimum atomic E-state index is 0.495. The molecule has 11 aliphatic carbocycles. The fourth-order valence-corrected chi connectivity index (χ4v) is 21.8. The molecule has 11 rings (SSSR count). The zero-order chi connectivity index (χ0) is 69.5. The number of hydrogen-bond donors (Lipinski definition) is 0. The van der Waals surface area contributed by atoms with Gasteiger partial charge in [0.2, 0.25) is 0 Å². The first kappa shape index (κ1) is 86.4. The van der Waals surface area contributed by atoms with E-state index in [4.69, 9.17) is 33.2 Å². The predicted octanol–water partition coefficient (Wildman–Crippen LogP) is 26.2. The van der Waals surface area contributed by atoms with Gasteiger partial charge in [-0.15, -0.1) is 0 Å². The van der Waals surface area contributed by atoms with Gasteiger partial charge in [-0.1, -0.05) is 215 Å². The van der Waals surface area contributed by atoms with Gasteiger partial charge >= 0.3 is 0 Å². The molecule has 0 bridgehead atoms. The highest BCUT2D eigenvalue weighted by atomic mass is 16.5. The number of ether oxygens (including phenoxy) is 7. The second-order valence-corrected chi connectivity index (χ2v) is 35.9. The first-order chi connectivity index (χ1) is 46.5. The molecule has 0 amide bonds. The molecule has 0 aromatic rings. The van der Waals surface area contributed by atoms with Crippen LogP contribution in [0.4, 0.5) is 0 Å². The van der Waals surface area contributed by atoms with Crippen molar-refractivity contribution < 1.29 is 33.2 Å². The Morgan fingerprint density at radius 3 is 0.958 bits per heavy atom. The first-order valence-electron chi connectivity index (χ1n) is 43.5. The Morgan fingerprint density at radius 1 is 0.260 bits per heavy atom. The van der Waals surface area contributed by atoms with Gasteiger partial charge in [0.05, 0.1) is 46.2 Å². The summed E-state index contributed by atoms with van der Waals surface area (Å²) in [6.45, 7) is 44.5. The summed E-state index contributed by atoms with van der Waals surface area (Å²) in [5.74, 6) is 7.71. The number of hydrogen-bond acceptors (Lipinski definition) is 7. The lowest BCUT2D eigenvalue weighted by Crippen LogP contribution is -2.38. The lowest BCUT2D eigenvalue weighted by molar-refractivity contribution is -0.0274. The molecule has 11 aliphatic rings. The van der Waals surface area contributed by atoms with Crippen LogP contribution in [-0.2, 0) is 33.2 Å². The van der Waals surface area contributed by atoms with E-state index >= 15 is 0 Å². The van der Waals surface area contributed by atoms with Crippen molar-refractivity contribution in [3.8, 4) is 0 Å². The molecule has 0 heterocycles. The molecule has 0 spiro atoms. The van der Waals surface area contributed by atoms with Crippen molar-refractivity contribution in [3.05, 3.63) is 0 Å². The summed E-state index contributed by atoms with van der Waals surface area (Å²) in [6.07, 6.45) is 66.3. The topological polar surface area (TPSA) is 64.6 Å². The highest BCUT2D eigenvalue weighted by Crippen LogP contribution is 2.55. The van der Waals surface area contributed by atoms with E-state index in [1.807, 2.05) is 0 Å². The van der Waals surface area contributed by atoms with Gasteiger partial charge in [0.15, 0.2) is 0 Å². The molecule has 5 atom stereocenters. The summed E-state index contributed by atoms with van der Waals surface area (Å²) >= 11 is 0. The molecule has 568 valence electrons. The Hall–Kier alpha value is -0.280. The highest BCUT2D eigenvalue weighted by Gasteiger charge is 2.46. The molecule has 11 fully saturated rings. The van der Waals surface area contributed by atoms with Crippen LogP contribution in [-0.4, -0.2) is 92.5 Å². The zero-order valence-electron chi connectivity index (χ0n) is 67.4. The van der Waals surface area contributed by atoms with Crippen molar-refractivity contribution in [2.45, 2.75) is 392 Å². The first-order valence-corrected chi connectivity index (χ1v) is 43.5. The molecule has 0 N–H and O–H groups in total. The minimum Gasteiger partial charge on any atom is -0.381 e. The third kappa shape index (κ3) is 28.6. The third-order valence-electron chi connectivity index (χ3n) is 28.5. The van der Waals surface area contributed by atoms with Crippen LogP contribution in [0.25, 0.3) is 0 Å². The van der Waals surface area contributed by atoms with E-state index in [1.54, 1.807) is 0 Å². The summed E-state index contributed by atoms with van der Waals surface area (Å²) in [6, 6.07) is 0. The van der Waals surface area contributed by atoms with Crippen LogP contribution < -0.4 is 0 Å². The van der Waals surface area contributed by atoms with Gasteiger partial charge in [-0.25, -0.2) is 0 Å². The van der Waals surface area contributed by atoms with Crippen LogP contribution in [0, 0.1) is 85.2 Å². The average molecular weight is 1350 g/mol. The normalized spacial score (nSPS) is 29.6. The quantitative estimate of drug-likeness (QED) is 0.0855. The molecule has 0 saturated heterocycles. The van der Waals surface area contributed by atoms with Crippen molar-refractivity contribution in [1.82, 2.24) is 0 Å². The van der Waals surface area contributed by atoms with Crippen LogP contribution in [0.2, 0.25) is 0 Å². The van der Waals surface area contributed by atoms with Crippen LogP contribution in [0.1, 0.15) is 392 Å². The Balaban J connectivity index is 0.000000203. The van der Waals surface area contributed by atoms with Crippen molar-refractivity contribution in [1.29, 1.82) is 0 Å². The minimum absolute atomic E-state index is 0.495. The molecule has 96 heavy (non-hydrogen) atoms. The SMILES string of the molecule is CCOCC1(C(C)C)CCCC1.CCOCC1(C(C)C)CCCCC1.CCOCC1(C)CC2CCCC2C1.CCOCC1(C)CCC2CCCCC2C1.CCOCC1(C2CCCCC2)CCCC1.CCOCC1(C2CCCCC2)CCCCC1.CCOCC1(CC)CCCCC1. The second kappa shape index (κ2) is 47.2. The second-order valence-electron chi connectivity index (χ2n) is 35.9. The molecule has 7 heteroatoms. The maximum atomic E-state index is 5.83. The third-order valence-corrected chi connectivity index (χ3v) is 28.5. The maximum absolute atomic E-state index is 5.83. The van der Waals surface area contributed by atoms with E-state index in [-0.39, 0.29) is 0 Å². The molecular weight excluding hydrogens is 1180 g/mol. The largest absolute Gasteiger partial charge is 0.381 e. The Kier molecular flexibility index (Phi) is 42.5. The maximum Gasteiger partial charge on any atom is 0.0524 e. The summed E-state index contributed by atoms with van der Waals surface area (Å²) < 4.78 is 39.6. The summed E-state index contributed by atoms with van der Waals surface area (Å²) in [5.41, 5.74) is 3.77. The van der Waals surface area contributed by atoms with Crippen molar-refractivity contribution in [2.24, 2.45) is 85.2 Å². The van der Waals surface area contributed by atoms with E-state index in [2.05, 4.69) is 96.9 Å². The van der Waals surface area contributed by atoms with E-state index in [0.717, 1.165) is 140 Å². The van der Waals surface area contributed by atoms with E-state index in [9.17, 15) is 0 Å². The molecular formula is C89H170O7. The summed E-state index contributed by atoms with van der Waals surface area (Å²) in [5, 5.41) is 0. The van der Waals surface area contributed by atoms with E-state index in [1.165, 1.54) is 295 Å². The predicted molar refractivity (Wildman–Crippen MR) is 413 cm³/mol. The van der Waals surface area contributed by atoms with Gasteiger partial charge in [0, 0.05) is 46.2 Å². The van der Waals surface area contributed by atoms with Gasteiger partial charge in [-0.05, 0) is 262 Å². The van der Waals surface area contributed by atoms with Gasteiger partial charge in [-0.3, -0.25) is 0 Å². The Morgan fingerprint density at radius 2 is 0.552 bits per heavy atom. The zero-order valence-corrected chi connectivity index (χ0v) is 67.4. The fourth-order valence-electron chi connectivity index (χ4n) is 21.8. The highest BCUT2D eigenvalue weighted by molar-refractivity contribution is 4.96. The van der Waals surface area contributed by atoms with Crippen LogP contribution >= 0.6 is 0 Å². The van der Waals surface area contributed by atoms with Crippen LogP contribution in [0.15, 0.2) is 0 Å². The monoisotopic (exact) mass is 1350 g/mol. The molecule has 0 aromatic carbocycles. The molecule has 5 unspecified atom stereocenters. The molecule has 0 aromatic heterocycles. The molecule has 0 aliphatic heterocycles. The number of rotatable bonds is 26. The summed E-state index contributed by atoms with van der Waals surface area (Å²) in [7, 11) is 0. The van der Waals surface area contributed by atoms with Crippen LogP contribution in [0.5, 0.6) is 0 Å². The fraction of sp³-hybridized carbons (Fsp3) is 1.00. The van der Waals surface area contributed by atoms with Gasteiger partial charge < -0.3 is 33.2 Å². The summed E-state index contributed by atoms with van der Waals surface area (Å²) in [4.78, 5) is 0. The van der Waals surface area contributed by atoms with E-state index < -0.39 is 0 Å². The van der Waals surface area contributed by atoms with Crippen molar-refractivity contribution in [3.63, 3.8) is 0 Å². The Bertz CT molecular complexity index is 1840. The van der Waals surface area contributed by atoms with Crippen LogP contribution in [0.3, 0.4) is 0 Å². The van der Waals surface area contributed by atoms with E-state index in [0.29, 0.717) is 37.9 Å². The smallest absolute Gasteiger partial charge is 0.0524 e. The molecule has 0 radical (unpaired) electrons. The molecule has 7 nitrogen and oxygen atoms in total. The lowest BCUT2D eigenvalue weighted by Gasteiger charge is -2.45. The lowest BCUT2D eigenvalue weighted by atomic mass is 9.62. The average Bonchev–Trinajstić information content (AvgIpc) is 1.49. The van der Waals surface area contributed by atoms with Crippen molar-refractivity contribution >= 4 is 0 Å². The standard InChI is InChI=1S/C15H28O.2C14H26O.C12H22O.C12H24O.2C11H22O/c1-2-16-13-15(11-7-4-8-12-15)14-9-5-3-6-10-14;1-3-15-11-14(2)9-8-12-6-4-5-7-13(12)10-14;1-2-15-12-14(10-6-7-11-14)13-8-4-3-5-9-13;1-3-13-9-12(2)7-10-5-4-6-11(10)8-12;1-4-13-10-12(11(2)3)8-6-5-7-9-12;1-4-12-9-11(10(2)3)7-5-6-8-11;1-3-11(10-12-4-2)8-6-5-7-9-11/h14H,2-13H2,1H3;12-13H,3-11H2,1-2H3;13H,2-12H2,1H3;10-11H,3-9H2,1-2H3;11H,4-10H2,1-3H3;10H,4-9H2,1-3H3;3-10H2,1-2H3. The van der Waals surface area contributed by atoms with Gasteiger partial charge in [-0.2, -0.15) is 0 Å². The molecule has 11 saturated carbocycles. The number of fused-ring (bicyclic) bond motifs is 2. The Labute approximate surface area is 600 Å².